The van der Waals surface area contributed by atoms with Gasteiger partial charge in [0.2, 0.25) is 5.92 Å². The highest BCUT2D eigenvalue weighted by molar-refractivity contribution is 7.93. The van der Waals surface area contributed by atoms with Crippen LogP contribution in [0.5, 0.6) is 0 Å². The Kier molecular flexibility index (Phi) is 8.16. The monoisotopic (exact) mass is 567 g/mol. The third kappa shape index (κ3) is 6.43. The first-order valence-corrected chi connectivity index (χ1v) is 14.3. The van der Waals surface area contributed by atoms with Gasteiger partial charge in [-0.15, -0.1) is 4.36 Å². The maximum Gasteiger partial charge on any atom is 0.439 e. The largest absolute Gasteiger partial charge is 0.463 e. The fourth-order valence-electron chi connectivity index (χ4n) is 4.60. The third-order valence-electron chi connectivity index (χ3n) is 6.67. The van der Waals surface area contributed by atoms with E-state index in [9.17, 15) is 22.6 Å². The molecule has 2 amide bonds. The minimum absolute atomic E-state index is 0.0139. The predicted molar refractivity (Wildman–Crippen MR) is 147 cm³/mol. The fourth-order valence-corrected chi connectivity index (χ4v) is 5.68. The Morgan fingerprint density at radius 1 is 1.18 bits per heavy atom. The first-order valence-electron chi connectivity index (χ1n) is 12.4. The molecule has 0 spiro atoms. The molecule has 9 nitrogen and oxygen atoms in total. The second-order valence-electron chi connectivity index (χ2n) is 9.54. The number of hydrogen-bond donors (Lipinski definition) is 2. The lowest BCUT2D eigenvalue weighted by molar-refractivity contribution is -0.0102. The van der Waals surface area contributed by atoms with Gasteiger partial charge in [0.15, 0.2) is 0 Å². The standard InChI is InChI=1S/C28H27F2N5O4S/c1-18-23(20-9-7-19(16-31)8-10-20)17-32-25(35-13-4-11-28(29,30)12-14-35)24(18)26(36)33-21-5-3-6-22(15-21)40(2,39)34-27(37)38/h3,5-10,15,17H,4,11-14H2,1-2H3,(H,33,36)(H,37,38). The first kappa shape index (κ1) is 28.6. The average Bonchev–Trinajstić information content (AvgIpc) is 3.08. The lowest BCUT2D eigenvalue weighted by Gasteiger charge is -2.26. The van der Waals surface area contributed by atoms with Crippen LogP contribution in [0.2, 0.25) is 0 Å². The number of halogens is 2. The Hall–Kier alpha value is -4.37. The van der Waals surface area contributed by atoms with Crippen molar-refractivity contribution in [1.29, 1.82) is 5.26 Å². The lowest BCUT2D eigenvalue weighted by Crippen LogP contribution is -2.30. The van der Waals surface area contributed by atoms with Crippen LogP contribution in [0.3, 0.4) is 0 Å². The molecule has 0 bridgehead atoms. The predicted octanol–water partition coefficient (Wildman–Crippen LogP) is 5.94. The number of rotatable bonds is 5. The van der Waals surface area contributed by atoms with Gasteiger partial charge < -0.3 is 15.3 Å². The zero-order valence-corrected chi connectivity index (χ0v) is 22.7. The summed E-state index contributed by atoms with van der Waals surface area (Å²) in [6.07, 6.45) is 0.808. The summed E-state index contributed by atoms with van der Waals surface area (Å²) < 4.78 is 44.3. The fraction of sp³-hybridized carbons (Fsp3) is 0.286. The van der Waals surface area contributed by atoms with Gasteiger partial charge >= 0.3 is 6.09 Å². The summed E-state index contributed by atoms with van der Waals surface area (Å²) in [6.45, 7) is 2.05. The second kappa shape index (κ2) is 11.4. The van der Waals surface area contributed by atoms with E-state index in [1.807, 2.05) is 0 Å². The van der Waals surface area contributed by atoms with Crippen LogP contribution in [0.25, 0.3) is 11.1 Å². The number of alkyl halides is 2. The highest BCUT2D eigenvalue weighted by Gasteiger charge is 2.33. The van der Waals surface area contributed by atoms with Gasteiger partial charge in [-0.1, -0.05) is 18.2 Å². The normalized spacial score (nSPS) is 16.2. The van der Waals surface area contributed by atoms with Crippen molar-refractivity contribution >= 4 is 33.2 Å². The van der Waals surface area contributed by atoms with Crippen molar-refractivity contribution in [3.63, 3.8) is 0 Å². The summed E-state index contributed by atoms with van der Waals surface area (Å²) in [5, 5.41) is 20.9. The van der Waals surface area contributed by atoms with Crippen LogP contribution < -0.4 is 10.2 Å². The molecule has 0 radical (unpaired) electrons. The molecule has 2 N–H and O–H groups in total. The number of amides is 2. The van der Waals surface area contributed by atoms with Crippen molar-refractivity contribution in [3.05, 3.63) is 71.4 Å². The van der Waals surface area contributed by atoms with Gasteiger partial charge in [0.05, 0.1) is 26.9 Å². The van der Waals surface area contributed by atoms with Crippen LogP contribution in [0.4, 0.5) is 25.1 Å². The van der Waals surface area contributed by atoms with Gasteiger partial charge in [-0.05, 0) is 54.8 Å². The van der Waals surface area contributed by atoms with Gasteiger partial charge in [0.25, 0.3) is 5.91 Å². The van der Waals surface area contributed by atoms with Gasteiger partial charge in [0, 0.05) is 54.5 Å². The number of carboxylic acid groups (broad SMARTS) is 1. The van der Waals surface area contributed by atoms with E-state index in [1.165, 1.54) is 24.5 Å². The molecule has 4 rings (SSSR count). The Morgan fingerprint density at radius 3 is 2.58 bits per heavy atom. The molecular weight excluding hydrogens is 540 g/mol. The van der Waals surface area contributed by atoms with Crippen LogP contribution in [0.1, 0.15) is 40.7 Å². The molecule has 2 heterocycles. The number of hydrogen-bond acceptors (Lipinski definition) is 6. The molecule has 2 aromatic carbocycles. The van der Waals surface area contributed by atoms with Gasteiger partial charge in [-0.2, -0.15) is 5.26 Å². The molecule has 1 aromatic heterocycles. The third-order valence-corrected chi connectivity index (χ3v) is 8.30. The van der Waals surface area contributed by atoms with E-state index >= 15 is 0 Å². The molecule has 1 aliphatic heterocycles. The highest BCUT2D eigenvalue weighted by Crippen LogP contribution is 2.35. The average molecular weight is 568 g/mol. The number of benzene rings is 2. The van der Waals surface area contributed by atoms with Crippen molar-refractivity contribution in [2.75, 3.05) is 29.6 Å². The summed E-state index contributed by atoms with van der Waals surface area (Å²) >= 11 is 0. The van der Waals surface area contributed by atoms with E-state index in [0.29, 0.717) is 23.2 Å². The van der Waals surface area contributed by atoms with E-state index in [0.717, 1.165) is 5.56 Å². The minimum Gasteiger partial charge on any atom is -0.463 e. The SMILES string of the molecule is Cc1c(-c2ccc(C#N)cc2)cnc(N2CCCC(F)(F)CC2)c1C(=O)Nc1cccc(S(C)(=O)=NC(=O)O)c1. The van der Waals surface area contributed by atoms with Crippen LogP contribution in [0.15, 0.2) is 64.0 Å². The van der Waals surface area contributed by atoms with Crippen molar-refractivity contribution in [2.24, 2.45) is 4.36 Å². The molecule has 0 aliphatic carbocycles. The molecule has 1 saturated heterocycles. The number of nitrogens with one attached hydrogen (secondary N) is 1. The molecule has 12 heteroatoms. The van der Waals surface area contributed by atoms with Crippen molar-refractivity contribution in [1.82, 2.24) is 4.98 Å². The van der Waals surface area contributed by atoms with E-state index in [-0.39, 0.29) is 47.8 Å². The summed E-state index contributed by atoms with van der Waals surface area (Å²) in [5.41, 5.74) is 2.80. The lowest BCUT2D eigenvalue weighted by atomic mass is 9.97. The molecule has 1 atom stereocenters. The molecule has 1 aliphatic rings. The quantitative estimate of drug-likeness (QED) is 0.389. The highest BCUT2D eigenvalue weighted by atomic mass is 32.2. The number of aromatic nitrogens is 1. The second-order valence-corrected chi connectivity index (χ2v) is 11.8. The van der Waals surface area contributed by atoms with Crippen LogP contribution in [0, 0.1) is 18.3 Å². The Bertz CT molecular complexity index is 1630. The number of nitrogens with zero attached hydrogens (tertiary/aromatic N) is 4. The number of anilines is 2. The molecular formula is C28H27F2N5O4S. The van der Waals surface area contributed by atoms with Crippen molar-refractivity contribution in [3.8, 4) is 17.2 Å². The minimum atomic E-state index is -3.27. The maximum atomic E-state index is 14.1. The zero-order chi connectivity index (χ0) is 29.1. The van der Waals surface area contributed by atoms with E-state index in [1.54, 1.807) is 48.4 Å². The summed E-state index contributed by atoms with van der Waals surface area (Å²) in [6, 6.07) is 14.7. The van der Waals surface area contributed by atoms with E-state index < -0.39 is 27.7 Å². The van der Waals surface area contributed by atoms with Gasteiger partial charge in [-0.25, -0.2) is 22.8 Å². The molecule has 1 fully saturated rings. The number of carbonyl (C=O) groups excluding carboxylic acids is 1. The van der Waals surface area contributed by atoms with Crippen LogP contribution >= 0.6 is 0 Å². The van der Waals surface area contributed by atoms with Crippen molar-refractivity contribution < 1.29 is 27.7 Å². The van der Waals surface area contributed by atoms with Gasteiger partial charge in [-0.3, -0.25) is 4.79 Å². The first-order chi connectivity index (χ1) is 18.9. The van der Waals surface area contributed by atoms with E-state index in [2.05, 4.69) is 20.7 Å². The summed E-state index contributed by atoms with van der Waals surface area (Å²) in [5.74, 6) is -3.11. The van der Waals surface area contributed by atoms with Crippen LogP contribution in [-0.4, -0.2) is 51.6 Å². The molecule has 0 saturated carbocycles. The molecule has 40 heavy (non-hydrogen) atoms. The van der Waals surface area contributed by atoms with Gasteiger partial charge in [0.1, 0.15) is 5.82 Å². The maximum absolute atomic E-state index is 14.1. The molecule has 1 unspecified atom stereocenters. The Morgan fingerprint density at radius 2 is 1.90 bits per heavy atom. The van der Waals surface area contributed by atoms with E-state index in [4.69, 9.17) is 10.4 Å². The topological polar surface area (TPSA) is 136 Å². The van der Waals surface area contributed by atoms with Crippen molar-refractivity contribution in [2.45, 2.75) is 37.0 Å². The number of carbonyl (C=O) groups is 2. The Labute approximate surface area is 230 Å². The smallest absolute Gasteiger partial charge is 0.439 e. The molecule has 208 valence electrons. The summed E-state index contributed by atoms with van der Waals surface area (Å²) in [4.78, 5) is 31.2. The molecule has 3 aromatic rings. The zero-order valence-electron chi connectivity index (χ0n) is 21.9. The van der Waals surface area contributed by atoms with Crippen LogP contribution in [-0.2, 0) is 9.73 Å². The number of pyridine rings is 1. The Balaban J connectivity index is 1.78. The number of nitriles is 1. The summed E-state index contributed by atoms with van der Waals surface area (Å²) in [7, 11) is -3.27.